The van der Waals surface area contributed by atoms with Gasteiger partial charge in [-0.15, -0.1) is 0 Å². The van der Waals surface area contributed by atoms with Gasteiger partial charge in [-0.3, -0.25) is 4.79 Å². The lowest BCUT2D eigenvalue weighted by Crippen LogP contribution is -2.41. The molecule has 2 rings (SSSR count). The minimum Gasteiger partial charge on any atom is -0.376 e. The minimum atomic E-state index is -3.50. The third kappa shape index (κ3) is 3.50. The predicted molar refractivity (Wildman–Crippen MR) is 84.7 cm³/mol. The average Bonchev–Trinajstić information content (AvgIpc) is 3.01. The number of hydrogen-bond donors (Lipinski definition) is 1. The van der Waals surface area contributed by atoms with Crippen LogP contribution in [0.2, 0.25) is 0 Å². The summed E-state index contributed by atoms with van der Waals surface area (Å²) in [5.41, 5.74) is 0.195. The van der Waals surface area contributed by atoms with Crippen molar-refractivity contribution in [3.05, 3.63) is 29.8 Å². The highest BCUT2D eigenvalue weighted by Crippen LogP contribution is 2.21. The fourth-order valence-corrected chi connectivity index (χ4v) is 3.77. The molecular weight excluding hydrogens is 302 g/mol. The van der Waals surface area contributed by atoms with Crippen molar-refractivity contribution >= 4 is 15.7 Å². The van der Waals surface area contributed by atoms with E-state index in [9.17, 15) is 13.2 Å². The number of nitrogens with one attached hydrogen (secondary N) is 1. The Hall–Kier alpha value is -1.40. The number of ether oxygens (including phenoxy) is 1. The first-order valence-electron chi connectivity index (χ1n) is 7.59. The Bertz CT molecular complexity index is 633. The topological polar surface area (TPSA) is 72.5 Å². The van der Waals surface area contributed by atoms with Crippen LogP contribution in [-0.2, 0) is 14.6 Å². The summed E-state index contributed by atoms with van der Waals surface area (Å²) in [5, 5.41) is 2.29. The van der Waals surface area contributed by atoms with E-state index in [0.29, 0.717) is 6.61 Å². The number of amides is 1. The van der Waals surface area contributed by atoms with Gasteiger partial charge in [0.05, 0.1) is 27.9 Å². The number of rotatable bonds is 5. The summed E-state index contributed by atoms with van der Waals surface area (Å²) in [7, 11) is -3.50. The Balaban J connectivity index is 2.23. The molecule has 5 nitrogen and oxygen atoms in total. The van der Waals surface area contributed by atoms with E-state index in [1.807, 2.05) is 6.92 Å². The highest BCUT2D eigenvalue weighted by molar-refractivity contribution is 7.92. The first kappa shape index (κ1) is 17.0. The van der Waals surface area contributed by atoms with E-state index in [0.717, 1.165) is 12.8 Å². The van der Waals surface area contributed by atoms with Crippen LogP contribution >= 0.6 is 0 Å². The summed E-state index contributed by atoms with van der Waals surface area (Å²) in [4.78, 5) is 12.6. The lowest BCUT2D eigenvalue weighted by atomic mass is 10.1. The quantitative estimate of drug-likeness (QED) is 0.900. The summed E-state index contributed by atoms with van der Waals surface area (Å²) in [6.07, 6.45) is 1.90. The standard InChI is InChI=1S/C16H23NO4S/c1-11(2)22(19,20)15-9-5-4-7-13(15)16(18)17-12(3)14-8-6-10-21-14/h4-5,7,9,11-12,14H,6,8,10H2,1-3H3,(H,17,18)/t12-,14+/m0/s1. The van der Waals surface area contributed by atoms with E-state index >= 15 is 0 Å². The second kappa shape index (κ2) is 6.79. The smallest absolute Gasteiger partial charge is 0.252 e. The SMILES string of the molecule is CC(C)S(=O)(=O)c1ccccc1C(=O)N[C@@H](C)[C@H]1CCCO1. The zero-order valence-electron chi connectivity index (χ0n) is 13.2. The van der Waals surface area contributed by atoms with Gasteiger partial charge >= 0.3 is 0 Å². The Morgan fingerprint density at radius 1 is 1.27 bits per heavy atom. The molecule has 1 heterocycles. The molecular formula is C16H23NO4S. The lowest BCUT2D eigenvalue weighted by Gasteiger charge is -2.21. The van der Waals surface area contributed by atoms with E-state index in [1.54, 1.807) is 32.0 Å². The van der Waals surface area contributed by atoms with E-state index in [1.165, 1.54) is 6.07 Å². The largest absolute Gasteiger partial charge is 0.376 e. The highest BCUT2D eigenvalue weighted by atomic mass is 32.2. The van der Waals surface area contributed by atoms with Gasteiger partial charge in [0, 0.05) is 6.61 Å². The van der Waals surface area contributed by atoms with Crippen LogP contribution in [0, 0.1) is 0 Å². The molecule has 1 aliphatic rings. The molecule has 1 fully saturated rings. The van der Waals surface area contributed by atoms with Crippen molar-refractivity contribution in [3.8, 4) is 0 Å². The second-order valence-electron chi connectivity index (χ2n) is 5.90. The molecule has 0 aliphatic carbocycles. The molecule has 1 aliphatic heterocycles. The zero-order valence-corrected chi connectivity index (χ0v) is 14.0. The molecule has 22 heavy (non-hydrogen) atoms. The van der Waals surface area contributed by atoms with Crippen molar-refractivity contribution in [2.45, 2.75) is 55.9 Å². The molecule has 1 saturated heterocycles. The molecule has 0 saturated carbocycles. The maximum atomic E-state index is 12.5. The van der Waals surface area contributed by atoms with E-state index in [2.05, 4.69) is 5.32 Å². The molecule has 1 aromatic rings. The number of carbonyl (C=O) groups excluding carboxylic acids is 1. The fourth-order valence-electron chi connectivity index (χ4n) is 2.53. The van der Waals surface area contributed by atoms with Gasteiger partial charge in [0.2, 0.25) is 0 Å². The van der Waals surface area contributed by atoms with Gasteiger partial charge in [0.15, 0.2) is 9.84 Å². The summed E-state index contributed by atoms with van der Waals surface area (Å²) in [6.45, 7) is 5.81. The maximum Gasteiger partial charge on any atom is 0.252 e. The van der Waals surface area contributed by atoms with Gasteiger partial charge in [-0.05, 0) is 45.7 Å². The minimum absolute atomic E-state index is 0.00202. The van der Waals surface area contributed by atoms with Crippen molar-refractivity contribution < 1.29 is 17.9 Å². The average molecular weight is 325 g/mol. The van der Waals surface area contributed by atoms with E-state index < -0.39 is 15.1 Å². The Kier molecular flexibility index (Phi) is 5.24. The Labute approximate surface area is 132 Å². The lowest BCUT2D eigenvalue weighted by molar-refractivity contribution is 0.0710. The van der Waals surface area contributed by atoms with Crippen LogP contribution in [0.3, 0.4) is 0 Å². The van der Waals surface area contributed by atoms with Crippen LogP contribution in [0.5, 0.6) is 0 Å². The molecule has 0 unspecified atom stereocenters. The summed E-state index contributed by atoms with van der Waals surface area (Å²) >= 11 is 0. The van der Waals surface area contributed by atoms with Crippen molar-refractivity contribution in [2.75, 3.05) is 6.61 Å². The van der Waals surface area contributed by atoms with E-state index in [4.69, 9.17) is 4.74 Å². The number of sulfone groups is 1. The van der Waals surface area contributed by atoms with Crippen molar-refractivity contribution in [1.82, 2.24) is 5.32 Å². The van der Waals surface area contributed by atoms with Crippen molar-refractivity contribution in [2.24, 2.45) is 0 Å². The Morgan fingerprint density at radius 3 is 2.55 bits per heavy atom. The number of carbonyl (C=O) groups is 1. The molecule has 0 bridgehead atoms. The third-order valence-corrected chi connectivity index (χ3v) is 6.15. The van der Waals surface area contributed by atoms with E-state index in [-0.39, 0.29) is 28.5 Å². The van der Waals surface area contributed by atoms with Crippen LogP contribution in [-0.4, -0.2) is 38.3 Å². The summed E-state index contributed by atoms with van der Waals surface area (Å²) in [6, 6.07) is 6.19. The molecule has 0 radical (unpaired) electrons. The zero-order chi connectivity index (χ0) is 16.3. The first-order valence-corrected chi connectivity index (χ1v) is 9.14. The fraction of sp³-hybridized carbons (Fsp3) is 0.562. The predicted octanol–water partition coefficient (Wildman–Crippen LogP) is 2.17. The number of benzene rings is 1. The van der Waals surface area contributed by atoms with Crippen LogP contribution in [0.4, 0.5) is 0 Å². The van der Waals surface area contributed by atoms with Crippen LogP contribution in [0.15, 0.2) is 29.2 Å². The van der Waals surface area contributed by atoms with Crippen LogP contribution in [0.25, 0.3) is 0 Å². The third-order valence-electron chi connectivity index (χ3n) is 3.94. The maximum absolute atomic E-state index is 12.5. The van der Waals surface area contributed by atoms with Crippen molar-refractivity contribution in [1.29, 1.82) is 0 Å². The molecule has 1 amide bonds. The highest BCUT2D eigenvalue weighted by Gasteiger charge is 2.28. The van der Waals surface area contributed by atoms with Crippen LogP contribution < -0.4 is 5.32 Å². The molecule has 122 valence electrons. The summed E-state index contributed by atoms with van der Waals surface area (Å²) in [5.74, 6) is -0.372. The summed E-state index contributed by atoms with van der Waals surface area (Å²) < 4.78 is 30.3. The van der Waals surface area contributed by atoms with Gasteiger partial charge < -0.3 is 10.1 Å². The van der Waals surface area contributed by atoms with Gasteiger partial charge in [-0.1, -0.05) is 12.1 Å². The first-order chi connectivity index (χ1) is 10.3. The molecule has 1 N–H and O–H groups in total. The van der Waals surface area contributed by atoms with Gasteiger partial charge in [-0.25, -0.2) is 8.42 Å². The van der Waals surface area contributed by atoms with Gasteiger partial charge in [0.1, 0.15) is 0 Å². The van der Waals surface area contributed by atoms with Crippen molar-refractivity contribution in [3.63, 3.8) is 0 Å². The second-order valence-corrected chi connectivity index (χ2v) is 8.38. The molecule has 6 heteroatoms. The monoisotopic (exact) mass is 325 g/mol. The van der Waals surface area contributed by atoms with Gasteiger partial charge in [0.25, 0.3) is 5.91 Å². The Morgan fingerprint density at radius 2 is 1.95 bits per heavy atom. The molecule has 2 atom stereocenters. The number of hydrogen-bond acceptors (Lipinski definition) is 4. The van der Waals surface area contributed by atoms with Gasteiger partial charge in [-0.2, -0.15) is 0 Å². The molecule has 0 aromatic heterocycles. The molecule has 1 aromatic carbocycles. The van der Waals surface area contributed by atoms with Crippen LogP contribution in [0.1, 0.15) is 44.0 Å². The normalized spacial score (nSPS) is 20.1. The molecule has 0 spiro atoms.